The number of rotatable bonds is 6. The van der Waals surface area contributed by atoms with Crippen molar-refractivity contribution in [2.75, 3.05) is 49.5 Å². The minimum absolute atomic E-state index is 0.138. The lowest BCUT2D eigenvalue weighted by Gasteiger charge is -2.36. The van der Waals surface area contributed by atoms with Gasteiger partial charge in [0, 0.05) is 60.4 Å². The third-order valence-corrected chi connectivity index (χ3v) is 7.90. The van der Waals surface area contributed by atoms with Crippen LogP contribution in [0.2, 0.25) is 5.02 Å². The fourth-order valence-electron chi connectivity index (χ4n) is 4.45. The van der Waals surface area contributed by atoms with E-state index in [9.17, 15) is 9.59 Å². The van der Waals surface area contributed by atoms with Crippen molar-refractivity contribution < 1.29 is 9.59 Å². The average molecular weight is 533 g/mol. The van der Waals surface area contributed by atoms with Crippen molar-refractivity contribution in [1.82, 2.24) is 10.2 Å². The van der Waals surface area contributed by atoms with E-state index in [2.05, 4.69) is 26.5 Å². The van der Waals surface area contributed by atoms with Crippen LogP contribution in [-0.2, 0) is 4.79 Å². The number of amides is 2. The molecule has 3 aromatic rings. The first kappa shape index (κ1) is 25.4. The topological polar surface area (TPSA) is 64.7 Å². The Morgan fingerprint density at radius 3 is 2.59 bits per heavy atom. The van der Waals surface area contributed by atoms with Crippen molar-refractivity contribution in [2.24, 2.45) is 0 Å². The molecular formula is C29H29ClN4O2S. The molecule has 3 aromatic carbocycles. The number of piperazine rings is 1. The molecule has 0 aromatic heterocycles. The Balaban J connectivity index is 1.12. The maximum Gasteiger partial charge on any atom is 0.262 e. The summed E-state index contributed by atoms with van der Waals surface area (Å²) >= 11 is 7.55. The Morgan fingerprint density at radius 1 is 1.05 bits per heavy atom. The summed E-state index contributed by atoms with van der Waals surface area (Å²) in [5, 5.41) is 6.71. The van der Waals surface area contributed by atoms with Crippen LogP contribution in [0, 0.1) is 6.92 Å². The van der Waals surface area contributed by atoms with Crippen molar-refractivity contribution in [3.8, 4) is 0 Å². The zero-order chi connectivity index (χ0) is 25.8. The van der Waals surface area contributed by atoms with Gasteiger partial charge in [0.25, 0.3) is 11.8 Å². The van der Waals surface area contributed by atoms with E-state index in [0.29, 0.717) is 22.7 Å². The molecule has 0 atom stereocenters. The van der Waals surface area contributed by atoms with Crippen molar-refractivity contribution in [2.45, 2.75) is 11.8 Å². The quantitative estimate of drug-likeness (QED) is 0.423. The number of nitrogens with one attached hydrogen (secondary N) is 2. The number of hydrogen-bond acceptors (Lipinski definition) is 5. The van der Waals surface area contributed by atoms with Crippen LogP contribution in [0.1, 0.15) is 21.5 Å². The summed E-state index contributed by atoms with van der Waals surface area (Å²) < 4.78 is 0. The Bertz CT molecular complexity index is 1330. The molecule has 37 heavy (non-hydrogen) atoms. The number of thioether (sulfide) groups is 1. The second-order valence-electron chi connectivity index (χ2n) is 9.25. The Kier molecular flexibility index (Phi) is 7.84. The van der Waals surface area contributed by atoms with Crippen LogP contribution in [0.5, 0.6) is 0 Å². The molecule has 2 heterocycles. The lowest BCUT2D eigenvalue weighted by molar-refractivity contribution is -0.112. The number of halogens is 1. The predicted octanol–water partition coefficient (Wildman–Crippen LogP) is 5.29. The average Bonchev–Trinajstić information content (AvgIpc) is 2.90. The molecule has 1 saturated heterocycles. The zero-order valence-electron chi connectivity index (χ0n) is 20.7. The molecule has 2 N–H and O–H groups in total. The number of benzene rings is 3. The molecule has 0 radical (unpaired) electrons. The van der Waals surface area contributed by atoms with E-state index in [4.69, 9.17) is 11.6 Å². The van der Waals surface area contributed by atoms with Gasteiger partial charge in [0.1, 0.15) is 0 Å². The van der Waals surface area contributed by atoms with Gasteiger partial charge in [-0.1, -0.05) is 59.3 Å². The summed E-state index contributed by atoms with van der Waals surface area (Å²) in [7, 11) is 0. The molecule has 0 aliphatic carbocycles. The van der Waals surface area contributed by atoms with Crippen LogP contribution in [0.3, 0.4) is 0 Å². The summed E-state index contributed by atoms with van der Waals surface area (Å²) in [5.74, 6) is -0.298. The van der Waals surface area contributed by atoms with E-state index in [-0.39, 0.29) is 11.8 Å². The molecule has 0 unspecified atom stereocenters. The molecule has 0 saturated carbocycles. The van der Waals surface area contributed by atoms with Gasteiger partial charge < -0.3 is 15.5 Å². The van der Waals surface area contributed by atoms with Gasteiger partial charge in [0.15, 0.2) is 0 Å². The Hall–Kier alpha value is -3.26. The highest BCUT2D eigenvalue weighted by molar-refractivity contribution is 8.04. The number of anilines is 2. The monoisotopic (exact) mass is 532 g/mol. The van der Waals surface area contributed by atoms with Gasteiger partial charge in [0.2, 0.25) is 0 Å². The summed E-state index contributed by atoms with van der Waals surface area (Å²) in [6.07, 6.45) is 1.89. The van der Waals surface area contributed by atoms with Gasteiger partial charge in [-0.2, -0.15) is 0 Å². The molecular weight excluding hydrogens is 504 g/mol. The van der Waals surface area contributed by atoms with Gasteiger partial charge >= 0.3 is 0 Å². The molecule has 1 fully saturated rings. The van der Waals surface area contributed by atoms with Crippen LogP contribution in [0.4, 0.5) is 11.4 Å². The summed E-state index contributed by atoms with van der Waals surface area (Å²) in [6, 6.07) is 21.5. The Labute approximate surface area is 226 Å². The fourth-order valence-corrected chi connectivity index (χ4v) is 5.56. The first-order chi connectivity index (χ1) is 17.9. The maximum absolute atomic E-state index is 12.8. The minimum Gasteiger partial charge on any atom is -0.369 e. The lowest BCUT2D eigenvalue weighted by Crippen LogP contribution is -2.48. The molecule has 5 rings (SSSR count). The largest absolute Gasteiger partial charge is 0.369 e. The van der Waals surface area contributed by atoms with E-state index in [1.807, 2.05) is 67.6 Å². The van der Waals surface area contributed by atoms with E-state index in [0.717, 1.165) is 53.9 Å². The summed E-state index contributed by atoms with van der Waals surface area (Å²) in [5.41, 5.74) is 4.51. The maximum atomic E-state index is 12.8. The third-order valence-electron chi connectivity index (χ3n) is 6.57. The molecule has 2 amide bonds. The fraction of sp³-hybridized carbons (Fsp3) is 0.241. The van der Waals surface area contributed by atoms with Gasteiger partial charge in [0.05, 0.1) is 10.6 Å². The van der Waals surface area contributed by atoms with Crippen molar-refractivity contribution in [3.63, 3.8) is 0 Å². The van der Waals surface area contributed by atoms with Crippen LogP contribution in [-0.4, -0.2) is 56.0 Å². The van der Waals surface area contributed by atoms with E-state index >= 15 is 0 Å². The number of fused-ring (bicyclic) bond motifs is 1. The lowest BCUT2D eigenvalue weighted by atomic mass is 10.1. The van der Waals surface area contributed by atoms with Crippen LogP contribution >= 0.6 is 23.4 Å². The van der Waals surface area contributed by atoms with Gasteiger partial charge in [-0.05, 0) is 55.0 Å². The molecule has 0 bridgehead atoms. The third kappa shape index (κ3) is 6.36. The number of carbonyl (C=O) groups is 2. The molecule has 8 heteroatoms. The van der Waals surface area contributed by atoms with Crippen molar-refractivity contribution >= 4 is 52.6 Å². The van der Waals surface area contributed by atoms with E-state index < -0.39 is 0 Å². The molecule has 2 aliphatic heterocycles. The highest BCUT2D eigenvalue weighted by Gasteiger charge is 2.22. The standard InChI is InChI=1S/C29H29ClN4O2S/c1-20-5-7-21(8-6-20)17-27-29(36)32-25-18-22(9-10-26(25)37-27)28(35)31-11-12-33-13-15-34(16-14-33)24-4-2-3-23(30)19-24/h2-10,17-19H,11-16H2,1H3,(H,31,35)(H,32,36). The first-order valence-corrected chi connectivity index (χ1v) is 13.6. The molecule has 0 spiro atoms. The van der Waals surface area contributed by atoms with Gasteiger partial charge in [-0.15, -0.1) is 0 Å². The first-order valence-electron chi connectivity index (χ1n) is 12.4. The second-order valence-corrected chi connectivity index (χ2v) is 10.8. The van der Waals surface area contributed by atoms with E-state index in [1.54, 1.807) is 6.07 Å². The van der Waals surface area contributed by atoms with Crippen LogP contribution < -0.4 is 15.5 Å². The molecule has 190 valence electrons. The summed E-state index contributed by atoms with van der Waals surface area (Å²) in [4.78, 5) is 31.7. The van der Waals surface area contributed by atoms with Crippen molar-refractivity contribution in [1.29, 1.82) is 0 Å². The predicted molar refractivity (Wildman–Crippen MR) is 153 cm³/mol. The van der Waals surface area contributed by atoms with Gasteiger partial charge in [-0.3, -0.25) is 14.5 Å². The van der Waals surface area contributed by atoms with Crippen molar-refractivity contribution in [3.05, 3.63) is 93.3 Å². The highest BCUT2D eigenvalue weighted by atomic mass is 35.5. The normalized spacial score (nSPS) is 16.9. The number of aryl methyl sites for hydroxylation is 1. The number of nitrogens with zero attached hydrogens (tertiary/aromatic N) is 2. The van der Waals surface area contributed by atoms with Crippen LogP contribution in [0.15, 0.2) is 76.5 Å². The molecule has 2 aliphatic rings. The van der Waals surface area contributed by atoms with E-state index in [1.165, 1.54) is 17.3 Å². The number of hydrogen-bond donors (Lipinski definition) is 2. The zero-order valence-corrected chi connectivity index (χ0v) is 22.2. The molecule has 6 nitrogen and oxygen atoms in total. The minimum atomic E-state index is -0.160. The second kappa shape index (κ2) is 11.4. The van der Waals surface area contributed by atoms with Crippen LogP contribution in [0.25, 0.3) is 6.08 Å². The summed E-state index contributed by atoms with van der Waals surface area (Å²) in [6.45, 7) is 7.12. The Morgan fingerprint density at radius 2 is 1.84 bits per heavy atom. The van der Waals surface area contributed by atoms with Gasteiger partial charge in [-0.25, -0.2) is 0 Å². The smallest absolute Gasteiger partial charge is 0.262 e. The SMILES string of the molecule is Cc1ccc(C=C2Sc3ccc(C(=O)NCCN4CCN(c5cccc(Cl)c5)CC4)cc3NC2=O)cc1. The number of carbonyl (C=O) groups excluding carboxylic acids is 2. The highest BCUT2D eigenvalue weighted by Crippen LogP contribution is 2.39.